The quantitative estimate of drug-likeness (QED) is 0.879. The van der Waals surface area contributed by atoms with Crippen LogP contribution in [0.4, 0.5) is 0 Å². The van der Waals surface area contributed by atoms with Gasteiger partial charge in [-0.3, -0.25) is 4.79 Å². The Kier molecular flexibility index (Phi) is 3.31. The molecule has 0 unspecified atom stereocenters. The molecule has 3 rings (SSSR count). The van der Waals surface area contributed by atoms with E-state index in [9.17, 15) is 4.79 Å². The van der Waals surface area contributed by atoms with E-state index in [1.807, 2.05) is 10.8 Å². The van der Waals surface area contributed by atoms with Gasteiger partial charge in [0.25, 0.3) is 5.91 Å². The zero-order valence-corrected chi connectivity index (χ0v) is 11.0. The van der Waals surface area contributed by atoms with E-state index in [0.29, 0.717) is 22.8 Å². The van der Waals surface area contributed by atoms with Crippen molar-refractivity contribution in [3.8, 4) is 0 Å². The van der Waals surface area contributed by atoms with E-state index in [4.69, 9.17) is 11.6 Å². The van der Waals surface area contributed by atoms with Crippen LogP contribution in [0.5, 0.6) is 0 Å². The van der Waals surface area contributed by atoms with Crippen LogP contribution in [0.25, 0.3) is 0 Å². The monoisotopic (exact) mass is 267 g/mol. The molecule has 98 valence electrons. The molecule has 0 atom stereocenters. The molecular formula is C13H18ClN3O. The molecule has 0 radical (unpaired) electrons. The average Bonchev–Trinajstić information content (AvgIpc) is 3.13. The summed E-state index contributed by atoms with van der Waals surface area (Å²) in [6, 6.07) is 2.54. The third-order valence-corrected chi connectivity index (χ3v) is 3.87. The predicted molar refractivity (Wildman–Crippen MR) is 71.1 cm³/mol. The predicted octanol–water partition coefficient (Wildman–Crippen LogP) is 1.96. The van der Waals surface area contributed by atoms with E-state index in [0.717, 1.165) is 38.8 Å². The lowest BCUT2D eigenvalue weighted by atomic mass is 10.1. The maximum absolute atomic E-state index is 12.3. The Bertz CT molecular complexity index is 447. The minimum atomic E-state index is 0.0145. The highest BCUT2D eigenvalue weighted by atomic mass is 35.5. The van der Waals surface area contributed by atoms with Crippen molar-refractivity contribution in [1.29, 1.82) is 0 Å². The van der Waals surface area contributed by atoms with Crippen LogP contribution in [0.3, 0.4) is 0 Å². The number of carbonyl (C=O) groups excluding carboxylic acids is 1. The van der Waals surface area contributed by atoms with E-state index in [2.05, 4.69) is 10.6 Å². The Morgan fingerprint density at radius 1 is 1.33 bits per heavy atom. The third kappa shape index (κ3) is 2.54. The zero-order chi connectivity index (χ0) is 12.5. The maximum Gasteiger partial charge on any atom is 0.268 e. The van der Waals surface area contributed by atoms with Crippen LogP contribution in [-0.4, -0.2) is 29.6 Å². The lowest BCUT2D eigenvalue weighted by Crippen LogP contribution is -2.43. The fourth-order valence-electron chi connectivity index (χ4n) is 2.51. The molecule has 1 saturated heterocycles. The van der Waals surface area contributed by atoms with E-state index < -0.39 is 0 Å². The number of halogens is 1. The van der Waals surface area contributed by atoms with Crippen LogP contribution >= 0.6 is 11.6 Å². The molecule has 0 spiro atoms. The molecule has 0 bridgehead atoms. The number of nitrogens with zero attached hydrogens (tertiary/aromatic N) is 1. The number of hydrogen-bond acceptors (Lipinski definition) is 2. The lowest BCUT2D eigenvalue weighted by Gasteiger charge is -2.23. The van der Waals surface area contributed by atoms with E-state index in [1.54, 1.807) is 6.07 Å². The molecule has 2 N–H and O–H groups in total. The number of amides is 1. The highest BCUT2D eigenvalue weighted by molar-refractivity contribution is 6.31. The fourth-order valence-corrected chi connectivity index (χ4v) is 2.72. The van der Waals surface area contributed by atoms with Crippen LogP contribution in [0, 0.1) is 0 Å². The van der Waals surface area contributed by atoms with Crippen molar-refractivity contribution in [2.45, 2.75) is 37.8 Å². The molecule has 0 aromatic carbocycles. The molecule has 18 heavy (non-hydrogen) atoms. The summed E-state index contributed by atoms with van der Waals surface area (Å²) < 4.78 is 2.03. The molecule has 1 aromatic heterocycles. The Morgan fingerprint density at radius 3 is 2.72 bits per heavy atom. The summed E-state index contributed by atoms with van der Waals surface area (Å²) in [5, 5.41) is 7.06. The number of carbonyl (C=O) groups is 1. The number of rotatable bonds is 3. The van der Waals surface area contributed by atoms with Gasteiger partial charge in [-0.15, -0.1) is 0 Å². The summed E-state index contributed by atoms with van der Waals surface area (Å²) >= 11 is 6.01. The van der Waals surface area contributed by atoms with Gasteiger partial charge in [-0.25, -0.2) is 0 Å². The SMILES string of the molecule is O=C(NC1CCNCC1)c1cc(Cl)cn1C1CC1. The molecule has 1 aliphatic carbocycles. The number of nitrogens with one attached hydrogen (secondary N) is 2. The normalized spacial score (nSPS) is 20.9. The molecule has 1 saturated carbocycles. The first-order valence-electron chi connectivity index (χ1n) is 6.63. The molecule has 5 heteroatoms. The Morgan fingerprint density at radius 2 is 2.06 bits per heavy atom. The summed E-state index contributed by atoms with van der Waals surface area (Å²) in [6.45, 7) is 1.96. The van der Waals surface area contributed by atoms with Gasteiger partial charge in [0, 0.05) is 18.3 Å². The van der Waals surface area contributed by atoms with Gasteiger partial charge in [-0.1, -0.05) is 11.6 Å². The minimum absolute atomic E-state index is 0.0145. The van der Waals surface area contributed by atoms with Crippen LogP contribution in [0.2, 0.25) is 5.02 Å². The number of hydrogen-bond donors (Lipinski definition) is 2. The highest BCUT2D eigenvalue weighted by Gasteiger charge is 2.28. The van der Waals surface area contributed by atoms with Crippen LogP contribution < -0.4 is 10.6 Å². The van der Waals surface area contributed by atoms with Crippen molar-refractivity contribution < 1.29 is 4.79 Å². The van der Waals surface area contributed by atoms with Crippen molar-refractivity contribution in [3.05, 3.63) is 23.0 Å². The Hall–Kier alpha value is -1.00. The largest absolute Gasteiger partial charge is 0.348 e. The topological polar surface area (TPSA) is 46.1 Å². The second-order valence-corrected chi connectivity index (χ2v) is 5.62. The van der Waals surface area contributed by atoms with Crippen molar-refractivity contribution >= 4 is 17.5 Å². The third-order valence-electron chi connectivity index (χ3n) is 3.66. The number of piperidine rings is 1. The number of aromatic nitrogens is 1. The van der Waals surface area contributed by atoms with Crippen LogP contribution in [0.15, 0.2) is 12.3 Å². The highest BCUT2D eigenvalue weighted by Crippen LogP contribution is 2.37. The first-order chi connectivity index (χ1) is 8.74. The summed E-state index contributed by atoms with van der Waals surface area (Å²) in [7, 11) is 0. The summed E-state index contributed by atoms with van der Waals surface area (Å²) in [6.07, 6.45) is 6.18. The van der Waals surface area contributed by atoms with Crippen molar-refractivity contribution in [3.63, 3.8) is 0 Å². The Balaban J connectivity index is 1.71. The molecule has 1 aliphatic heterocycles. The standard InChI is InChI=1S/C13H18ClN3O/c14-9-7-12(17(8-9)11-1-2-11)13(18)16-10-3-5-15-6-4-10/h7-8,10-11,15H,1-6H2,(H,16,18). The van der Waals surface area contributed by atoms with Crippen molar-refractivity contribution in [2.75, 3.05) is 13.1 Å². The van der Waals surface area contributed by atoms with Gasteiger partial charge in [0.15, 0.2) is 0 Å². The van der Waals surface area contributed by atoms with Gasteiger partial charge >= 0.3 is 0 Å². The van der Waals surface area contributed by atoms with E-state index in [-0.39, 0.29) is 5.91 Å². The molecule has 1 amide bonds. The second kappa shape index (κ2) is 4.94. The van der Waals surface area contributed by atoms with Gasteiger partial charge in [0.2, 0.25) is 0 Å². The van der Waals surface area contributed by atoms with E-state index in [1.165, 1.54) is 0 Å². The van der Waals surface area contributed by atoms with Gasteiger partial charge < -0.3 is 15.2 Å². The van der Waals surface area contributed by atoms with Crippen molar-refractivity contribution in [2.24, 2.45) is 0 Å². The van der Waals surface area contributed by atoms with Crippen LogP contribution in [-0.2, 0) is 0 Å². The van der Waals surface area contributed by atoms with Gasteiger partial charge in [-0.2, -0.15) is 0 Å². The summed E-state index contributed by atoms with van der Waals surface area (Å²) in [5.74, 6) is 0.0145. The smallest absolute Gasteiger partial charge is 0.268 e. The fraction of sp³-hybridized carbons (Fsp3) is 0.615. The molecular weight excluding hydrogens is 250 g/mol. The zero-order valence-electron chi connectivity index (χ0n) is 10.3. The second-order valence-electron chi connectivity index (χ2n) is 5.18. The van der Waals surface area contributed by atoms with Gasteiger partial charge in [0.1, 0.15) is 5.69 Å². The summed E-state index contributed by atoms with van der Waals surface area (Å²) in [4.78, 5) is 12.3. The maximum atomic E-state index is 12.3. The van der Waals surface area contributed by atoms with Crippen LogP contribution in [0.1, 0.15) is 42.2 Å². The Labute approximate surface area is 112 Å². The lowest BCUT2D eigenvalue weighted by molar-refractivity contribution is 0.0920. The molecule has 2 aliphatic rings. The molecule has 4 nitrogen and oxygen atoms in total. The van der Waals surface area contributed by atoms with Gasteiger partial charge in [-0.05, 0) is 44.8 Å². The molecule has 2 heterocycles. The van der Waals surface area contributed by atoms with Gasteiger partial charge in [0.05, 0.1) is 5.02 Å². The average molecular weight is 268 g/mol. The first kappa shape index (κ1) is 12.1. The molecule has 2 fully saturated rings. The van der Waals surface area contributed by atoms with Crippen molar-refractivity contribution in [1.82, 2.24) is 15.2 Å². The van der Waals surface area contributed by atoms with E-state index >= 15 is 0 Å². The minimum Gasteiger partial charge on any atom is -0.348 e. The first-order valence-corrected chi connectivity index (χ1v) is 7.01. The summed E-state index contributed by atoms with van der Waals surface area (Å²) in [5.41, 5.74) is 0.709. The molecule has 1 aromatic rings.